The zero-order valence-electron chi connectivity index (χ0n) is 20.8. The summed E-state index contributed by atoms with van der Waals surface area (Å²) in [5.74, 6) is 0.0911. The van der Waals surface area contributed by atoms with E-state index in [2.05, 4.69) is 82.8 Å². The number of aromatic nitrogens is 5. The SMILES string of the molecule is Cc1cccc(C)c1-c1ncc2n1-c1cccc3[n+]1[C@@]21c2cc(F)nc(F)c2-c2cccc([n+]21)C3(C)C. The van der Waals surface area contributed by atoms with Crippen LogP contribution in [0, 0.1) is 25.7 Å². The number of aryl methyl sites for hydroxylation is 2. The molecule has 7 heterocycles. The average Bonchev–Trinajstić information content (AvgIpc) is 3.49. The van der Waals surface area contributed by atoms with E-state index in [1.54, 1.807) is 0 Å². The van der Waals surface area contributed by atoms with Gasteiger partial charge in [-0.25, -0.2) is 4.98 Å². The molecule has 0 bridgehead atoms. The molecule has 0 radical (unpaired) electrons. The molecule has 1 spiro atoms. The van der Waals surface area contributed by atoms with Gasteiger partial charge >= 0.3 is 5.66 Å². The lowest BCUT2D eigenvalue weighted by molar-refractivity contribution is -0.972. The smallest absolute Gasteiger partial charge is 0.212 e. The Labute approximate surface area is 212 Å². The number of nitrogens with zero attached hydrogens (tertiary/aromatic N) is 5. The monoisotopic (exact) mass is 491 g/mol. The van der Waals surface area contributed by atoms with Crippen LogP contribution in [-0.2, 0) is 11.1 Å². The van der Waals surface area contributed by atoms with Gasteiger partial charge in [-0.1, -0.05) is 24.3 Å². The van der Waals surface area contributed by atoms with Crippen molar-refractivity contribution in [1.82, 2.24) is 14.5 Å². The van der Waals surface area contributed by atoms with E-state index in [9.17, 15) is 4.39 Å². The Bertz CT molecular complexity index is 1850. The maximum atomic E-state index is 15.5. The van der Waals surface area contributed by atoms with E-state index in [-0.39, 0.29) is 0 Å². The van der Waals surface area contributed by atoms with Crippen molar-refractivity contribution in [2.45, 2.75) is 38.8 Å². The molecule has 0 unspecified atom stereocenters. The van der Waals surface area contributed by atoms with Crippen molar-refractivity contribution in [3.8, 4) is 28.5 Å². The molecule has 8 rings (SSSR count). The maximum absolute atomic E-state index is 15.5. The summed E-state index contributed by atoms with van der Waals surface area (Å²) in [5, 5.41) is 0. The number of hydrogen-bond acceptors (Lipinski definition) is 2. The molecular weight excluding hydrogens is 468 g/mol. The molecule has 0 saturated carbocycles. The van der Waals surface area contributed by atoms with Crippen LogP contribution in [0.3, 0.4) is 0 Å². The Hall–Kier alpha value is -4.26. The third-order valence-corrected chi connectivity index (χ3v) is 8.52. The Morgan fingerprint density at radius 2 is 1.51 bits per heavy atom. The molecule has 0 fully saturated rings. The van der Waals surface area contributed by atoms with Crippen molar-refractivity contribution in [2.75, 3.05) is 0 Å². The van der Waals surface area contributed by atoms with Gasteiger partial charge in [-0.2, -0.15) is 22.9 Å². The van der Waals surface area contributed by atoms with Gasteiger partial charge in [0.2, 0.25) is 29.1 Å². The van der Waals surface area contributed by atoms with Crippen molar-refractivity contribution in [1.29, 1.82) is 0 Å². The third kappa shape index (κ3) is 2.13. The first kappa shape index (κ1) is 20.9. The van der Waals surface area contributed by atoms with Gasteiger partial charge in [0.25, 0.3) is 11.5 Å². The highest BCUT2D eigenvalue weighted by molar-refractivity contribution is 5.71. The van der Waals surface area contributed by atoms with Gasteiger partial charge < -0.3 is 0 Å². The zero-order chi connectivity index (χ0) is 25.4. The molecule has 0 N–H and O–H groups in total. The number of imidazole rings is 1. The van der Waals surface area contributed by atoms with E-state index in [4.69, 9.17) is 4.98 Å². The summed E-state index contributed by atoms with van der Waals surface area (Å²) in [6.45, 7) is 8.53. The second kappa shape index (κ2) is 6.35. The van der Waals surface area contributed by atoms with Crippen molar-refractivity contribution in [3.05, 3.63) is 113 Å². The standard InChI is InChI=1S/C30H23F2N5/c1-16-8-5-9-17(2)25(16)28-33-15-22-30-18-14-23(31)34-27(32)26(18)19-10-6-11-20(36(19)30)29(3,4)21-12-7-13-24(35(22)28)37(21)30/h5-15H,1-4H3/q+2/t30-/m0/s1. The van der Waals surface area contributed by atoms with Gasteiger partial charge in [-0.05, 0) is 51.0 Å². The minimum Gasteiger partial charge on any atom is -0.212 e. The molecule has 1 aromatic carbocycles. The highest BCUT2D eigenvalue weighted by Gasteiger charge is 2.73. The maximum Gasteiger partial charge on any atom is 0.402 e. The minimum absolute atomic E-state index is 0.331. The topological polar surface area (TPSA) is 38.5 Å². The number of benzene rings is 1. The molecule has 0 amide bonds. The summed E-state index contributed by atoms with van der Waals surface area (Å²) in [6.07, 6.45) is 1.87. The Balaban J connectivity index is 1.63. The van der Waals surface area contributed by atoms with Crippen LogP contribution in [0.2, 0.25) is 0 Å². The van der Waals surface area contributed by atoms with E-state index in [1.165, 1.54) is 6.07 Å². The first-order valence-corrected chi connectivity index (χ1v) is 12.4. The van der Waals surface area contributed by atoms with Crippen molar-refractivity contribution < 1.29 is 17.9 Å². The summed E-state index contributed by atoms with van der Waals surface area (Å²) < 4.78 is 37.0. The molecule has 0 aliphatic carbocycles. The quantitative estimate of drug-likeness (QED) is 0.248. The molecule has 1 atom stereocenters. The van der Waals surface area contributed by atoms with Crippen molar-refractivity contribution in [3.63, 3.8) is 0 Å². The summed E-state index contributed by atoms with van der Waals surface area (Å²) in [5.41, 5.74) is 6.32. The fourth-order valence-electron chi connectivity index (χ4n) is 7.06. The van der Waals surface area contributed by atoms with Crippen LogP contribution in [0.15, 0.2) is 66.9 Å². The van der Waals surface area contributed by atoms with Crippen LogP contribution >= 0.6 is 0 Å². The van der Waals surface area contributed by atoms with Gasteiger partial charge in [-0.3, -0.25) is 0 Å². The van der Waals surface area contributed by atoms with E-state index in [0.29, 0.717) is 16.8 Å². The number of pyridine rings is 3. The summed E-state index contributed by atoms with van der Waals surface area (Å²) in [7, 11) is 0. The number of hydrogen-bond donors (Lipinski definition) is 0. The highest BCUT2D eigenvalue weighted by atomic mass is 19.1. The van der Waals surface area contributed by atoms with Crippen LogP contribution < -0.4 is 9.13 Å². The fraction of sp³-hybridized carbons (Fsp3) is 0.200. The van der Waals surface area contributed by atoms with E-state index >= 15 is 4.39 Å². The van der Waals surface area contributed by atoms with Crippen LogP contribution in [0.5, 0.6) is 0 Å². The molecule has 5 nitrogen and oxygen atoms in total. The number of fused-ring (bicyclic) bond motifs is 4. The molecular formula is C30H23F2N5+2. The van der Waals surface area contributed by atoms with Crippen LogP contribution in [0.25, 0.3) is 28.5 Å². The first-order valence-electron chi connectivity index (χ1n) is 12.4. The van der Waals surface area contributed by atoms with E-state index in [0.717, 1.165) is 45.4 Å². The second-order valence-corrected chi connectivity index (χ2v) is 10.8. The number of rotatable bonds is 1. The molecule has 3 aliphatic heterocycles. The molecule has 37 heavy (non-hydrogen) atoms. The van der Waals surface area contributed by atoms with Gasteiger partial charge in [0.15, 0.2) is 0 Å². The van der Waals surface area contributed by atoms with E-state index < -0.39 is 23.0 Å². The van der Waals surface area contributed by atoms with E-state index in [1.807, 2.05) is 24.4 Å². The fourth-order valence-corrected chi connectivity index (χ4v) is 7.06. The Morgan fingerprint density at radius 1 is 0.838 bits per heavy atom. The molecule has 5 aromatic rings. The average molecular weight is 492 g/mol. The predicted molar refractivity (Wildman–Crippen MR) is 132 cm³/mol. The lowest BCUT2D eigenvalue weighted by Crippen LogP contribution is -2.79. The largest absolute Gasteiger partial charge is 0.402 e. The molecule has 0 saturated heterocycles. The van der Waals surface area contributed by atoms with Crippen LogP contribution in [-0.4, -0.2) is 14.5 Å². The van der Waals surface area contributed by atoms with Gasteiger partial charge in [-0.15, -0.1) is 4.57 Å². The summed E-state index contributed by atoms with van der Waals surface area (Å²) in [6, 6.07) is 19.8. The Kier molecular flexibility index (Phi) is 3.58. The third-order valence-electron chi connectivity index (χ3n) is 8.52. The van der Waals surface area contributed by atoms with Gasteiger partial charge in [0.1, 0.15) is 22.2 Å². The molecule has 3 aliphatic rings. The lowest BCUT2D eigenvalue weighted by atomic mass is 9.79. The molecule has 4 aromatic heterocycles. The lowest BCUT2D eigenvalue weighted by Gasteiger charge is -2.33. The Morgan fingerprint density at radius 3 is 2.27 bits per heavy atom. The second-order valence-electron chi connectivity index (χ2n) is 10.8. The minimum atomic E-state index is -1.03. The highest BCUT2D eigenvalue weighted by Crippen LogP contribution is 2.50. The normalized spacial score (nSPS) is 18.9. The molecule has 180 valence electrons. The summed E-state index contributed by atoms with van der Waals surface area (Å²) >= 11 is 0. The predicted octanol–water partition coefficient (Wildman–Crippen LogP) is 4.64. The first-order chi connectivity index (χ1) is 17.8. The van der Waals surface area contributed by atoms with Crippen molar-refractivity contribution >= 4 is 0 Å². The van der Waals surface area contributed by atoms with Crippen LogP contribution in [0.4, 0.5) is 8.78 Å². The van der Waals surface area contributed by atoms with Gasteiger partial charge in [0, 0.05) is 29.8 Å². The molecule has 7 heteroatoms. The summed E-state index contributed by atoms with van der Waals surface area (Å²) in [4.78, 5) is 8.55. The zero-order valence-corrected chi connectivity index (χ0v) is 20.8. The van der Waals surface area contributed by atoms with Crippen molar-refractivity contribution in [2.24, 2.45) is 0 Å². The van der Waals surface area contributed by atoms with Gasteiger partial charge in [0.05, 0.1) is 6.20 Å². The number of halogens is 2. The van der Waals surface area contributed by atoms with Crippen LogP contribution in [0.1, 0.15) is 47.6 Å².